The van der Waals surface area contributed by atoms with Crippen LogP contribution in [0.5, 0.6) is 0 Å². The summed E-state index contributed by atoms with van der Waals surface area (Å²) in [6.07, 6.45) is 1.69. The van der Waals surface area contributed by atoms with Crippen LogP contribution in [-0.4, -0.2) is 44.9 Å². The van der Waals surface area contributed by atoms with Crippen molar-refractivity contribution in [1.29, 1.82) is 0 Å². The molecule has 35 heavy (non-hydrogen) atoms. The van der Waals surface area contributed by atoms with Crippen molar-refractivity contribution in [2.75, 3.05) is 17.7 Å². The molecule has 0 aliphatic heterocycles. The molecule has 0 spiro atoms. The standard InChI is InChI=1S/C24H24BrN5O4S/c1-3-12-30-20(14-26-22(32)18-10-5-6-11-19(18)25)28-29-24(30)35-15-21(31)27-17-9-7-8-16(13-17)23(33)34-4-2/h3,5-11,13H,1,4,12,14-15H2,2H3,(H,26,32)(H,27,31). The molecule has 0 saturated carbocycles. The summed E-state index contributed by atoms with van der Waals surface area (Å²) in [7, 11) is 0. The van der Waals surface area contributed by atoms with Crippen LogP contribution in [0.3, 0.4) is 0 Å². The van der Waals surface area contributed by atoms with Crippen LogP contribution in [0.25, 0.3) is 0 Å². The number of allylic oxidation sites excluding steroid dienone is 1. The van der Waals surface area contributed by atoms with Gasteiger partial charge in [-0.3, -0.25) is 9.59 Å². The summed E-state index contributed by atoms with van der Waals surface area (Å²) in [6.45, 7) is 6.34. The number of halogens is 1. The van der Waals surface area contributed by atoms with Crippen molar-refractivity contribution in [1.82, 2.24) is 20.1 Å². The SMILES string of the molecule is C=CCn1c(CNC(=O)c2ccccc2Br)nnc1SCC(=O)Nc1cccc(C(=O)OCC)c1. The van der Waals surface area contributed by atoms with Gasteiger partial charge in [-0.2, -0.15) is 0 Å². The molecule has 2 aromatic carbocycles. The van der Waals surface area contributed by atoms with Gasteiger partial charge in [-0.25, -0.2) is 4.79 Å². The van der Waals surface area contributed by atoms with Gasteiger partial charge in [0.15, 0.2) is 11.0 Å². The van der Waals surface area contributed by atoms with Gasteiger partial charge < -0.3 is 19.9 Å². The number of nitrogens with zero attached hydrogens (tertiary/aromatic N) is 3. The third kappa shape index (κ3) is 7.27. The molecule has 0 fully saturated rings. The maximum atomic E-state index is 12.5. The topological polar surface area (TPSA) is 115 Å². The molecule has 182 valence electrons. The molecule has 3 aromatic rings. The summed E-state index contributed by atoms with van der Waals surface area (Å²) in [6, 6.07) is 13.7. The Labute approximate surface area is 215 Å². The molecule has 11 heteroatoms. The molecule has 0 saturated heterocycles. The second-order valence-electron chi connectivity index (χ2n) is 7.10. The maximum absolute atomic E-state index is 12.5. The lowest BCUT2D eigenvalue weighted by atomic mass is 10.2. The zero-order chi connectivity index (χ0) is 25.2. The number of carbonyl (C=O) groups is 3. The smallest absolute Gasteiger partial charge is 0.338 e. The van der Waals surface area contributed by atoms with Crippen molar-refractivity contribution in [2.24, 2.45) is 0 Å². The first-order valence-corrected chi connectivity index (χ1v) is 12.5. The van der Waals surface area contributed by atoms with Crippen LogP contribution in [0.1, 0.15) is 33.5 Å². The Kier molecular flexibility index (Phi) is 9.62. The predicted molar refractivity (Wildman–Crippen MR) is 137 cm³/mol. The first-order chi connectivity index (χ1) is 16.9. The van der Waals surface area contributed by atoms with Crippen molar-refractivity contribution in [3.05, 3.63) is 82.6 Å². The van der Waals surface area contributed by atoms with Crippen LogP contribution in [0.4, 0.5) is 5.69 Å². The summed E-state index contributed by atoms with van der Waals surface area (Å²) < 4.78 is 7.47. The number of ether oxygens (including phenoxy) is 1. The number of hydrogen-bond donors (Lipinski definition) is 2. The summed E-state index contributed by atoms with van der Waals surface area (Å²) in [4.78, 5) is 36.9. The van der Waals surface area contributed by atoms with E-state index in [-0.39, 0.29) is 30.7 Å². The number of carbonyl (C=O) groups excluding carboxylic acids is 3. The fraction of sp³-hybridized carbons (Fsp3) is 0.208. The highest BCUT2D eigenvalue weighted by Gasteiger charge is 2.16. The molecule has 2 amide bonds. The van der Waals surface area contributed by atoms with E-state index in [1.807, 2.05) is 6.07 Å². The van der Waals surface area contributed by atoms with Crippen molar-refractivity contribution in [3.8, 4) is 0 Å². The van der Waals surface area contributed by atoms with E-state index in [0.29, 0.717) is 38.8 Å². The van der Waals surface area contributed by atoms with Gasteiger partial charge in [-0.05, 0) is 53.2 Å². The first-order valence-electron chi connectivity index (χ1n) is 10.7. The molecule has 0 radical (unpaired) electrons. The molecule has 1 aromatic heterocycles. The highest BCUT2D eigenvalue weighted by atomic mass is 79.9. The van der Waals surface area contributed by atoms with Gasteiger partial charge in [0.1, 0.15) is 0 Å². The number of nitrogens with one attached hydrogen (secondary N) is 2. The van der Waals surface area contributed by atoms with Crippen LogP contribution in [0.15, 0.2) is 70.8 Å². The van der Waals surface area contributed by atoms with Gasteiger partial charge in [0.05, 0.1) is 30.0 Å². The van der Waals surface area contributed by atoms with Gasteiger partial charge in [0.25, 0.3) is 5.91 Å². The minimum Gasteiger partial charge on any atom is -0.462 e. The van der Waals surface area contributed by atoms with E-state index in [4.69, 9.17) is 4.74 Å². The summed E-state index contributed by atoms with van der Waals surface area (Å²) in [5.74, 6) is -0.357. The highest BCUT2D eigenvalue weighted by molar-refractivity contribution is 9.10. The van der Waals surface area contributed by atoms with Gasteiger partial charge in [-0.1, -0.05) is 36.0 Å². The average molecular weight is 558 g/mol. The number of rotatable bonds is 11. The second-order valence-corrected chi connectivity index (χ2v) is 8.90. The lowest BCUT2D eigenvalue weighted by molar-refractivity contribution is -0.113. The summed E-state index contributed by atoms with van der Waals surface area (Å²) in [5.41, 5.74) is 1.36. The Bertz CT molecular complexity index is 1230. The molecule has 0 atom stereocenters. The molecule has 1 heterocycles. The minimum atomic E-state index is -0.449. The molecular formula is C24H24BrN5O4S. The van der Waals surface area contributed by atoms with Crippen molar-refractivity contribution < 1.29 is 19.1 Å². The number of hydrogen-bond acceptors (Lipinski definition) is 7. The Hall–Kier alpha value is -3.44. The van der Waals surface area contributed by atoms with Crippen molar-refractivity contribution in [3.63, 3.8) is 0 Å². The zero-order valence-electron chi connectivity index (χ0n) is 19.0. The molecule has 9 nitrogen and oxygen atoms in total. The molecule has 0 unspecified atom stereocenters. The normalized spacial score (nSPS) is 10.5. The van der Waals surface area contributed by atoms with Crippen LogP contribution in [0, 0.1) is 0 Å². The molecule has 0 aliphatic rings. The third-order valence-electron chi connectivity index (χ3n) is 4.62. The Balaban J connectivity index is 1.60. The largest absolute Gasteiger partial charge is 0.462 e. The van der Waals surface area contributed by atoms with E-state index in [9.17, 15) is 14.4 Å². The first kappa shape index (κ1) is 26.2. The highest BCUT2D eigenvalue weighted by Crippen LogP contribution is 2.19. The van der Waals surface area contributed by atoms with Crippen LogP contribution >= 0.6 is 27.7 Å². The Morgan fingerprint density at radius 3 is 2.71 bits per heavy atom. The monoisotopic (exact) mass is 557 g/mol. The Morgan fingerprint density at radius 1 is 1.17 bits per heavy atom. The number of amides is 2. The molecule has 0 bridgehead atoms. The van der Waals surface area contributed by atoms with Crippen LogP contribution < -0.4 is 10.6 Å². The van der Waals surface area contributed by atoms with E-state index in [1.54, 1.807) is 60.0 Å². The molecule has 3 rings (SSSR count). The van der Waals surface area contributed by atoms with Crippen LogP contribution in [-0.2, 0) is 22.6 Å². The number of thioether (sulfide) groups is 1. The fourth-order valence-electron chi connectivity index (χ4n) is 3.03. The average Bonchev–Trinajstić information content (AvgIpc) is 3.23. The van der Waals surface area contributed by atoms with E-state index < -0.39 is 5.97 Å². The van der Waals surface area contributed by atoms with Gasteiger partial charge in [0.2, 0.25) is 5.91 Å². The maximum Gasteiger partial charge on any atom is 0.338 e. The lowest BCUT2D eigenvalue weighted by Gasteiger charge is -2.10. The summed E-state index contributed by atoms with van der Waals surface area (Å²) in [5, 5.41) is 14.5. The van der Waals surface area contributed by atoms with Gasteiger partial charge in [-0.15, -0.1) is 16.8 Å². The summed E-state index contributed by atoms with van der Waals surface area (Å²) >= 11 is 4.58. The molecule has 2 N–H and O–H groups in total. The minimum absolute atomic E-state index is 0.0717. The van der Waals surface area contributed by atoms with E-state index in [1.165, 1.54) is 11.8 Å². The second kappa shape index (κ2) is 12.9. The lowest BCUT2D eigenvalue weighted by Crippen LogP contribution is -2.25. The zero-order valence-corrected chi connectivity index (χ0v) is 21.4. The van der Waals surface area contributed by atoms with Gasteiger partial charge in [0, 0.05) is 16.7 Å². The van der Waals surface area contributed by atoms with E-state index in [2.05, 4.69) is 43.3 Å². The van der Waals surface area contributed by atoms with Crippen LogP contribution in [0.2, 0.25) is 0 Å². The quantitative estimate of drug-likeness (QED) is 0.207. The Morgan fingerprint density at radius 2 is 1.97 bits per heavy atom. The molecule has 0 aliphatic carbocycles. The number of benzene rings is 2. The van der Waals surface area contributed by atoms with Gasteiger partial charge >= 0.3 is 5.97 Å². The fourth-order valence-corrected chi connectivity index (χ4v) is 4.27. The van der Waals surface area contributed by atoms with E-state index >= 15 is 0 Å². The van der Waals surface area contributed by atoms with E-state index in [0.717, 1.165) is 0 Å². The third-order valence-corrected chi connectivity index (χ3v) is 6.28. The van der Waals surface area contributed by atoms with Crippen molar-refractivity contribution in [2.45, 2.75) is 25.2 Å². The van der Waals surface area contributed by atoms with Crippen molar-refractivity contribution >= 4 is 51.2 Å². The number of anilines is 1. The number of aromatic nitrogens is 3. The molecular weight excluding hydrogens is 534 g/mol. The number of esters is 1. The predicted octanol–water partition coefficient (Wildman–Crippen LogP) is 4.06.